The topological polar surface area (TPSA) is 72.8 Å². The predicted octanol–water partition coefficient (Wildman–Crippen LogP) is 0.728. The summed E-state index contributed by atoms with van der Waals surface area (Å²) in [6.45, 7) is 1.73. The predicted molar refractivity (Wildman–Crippen MR) is 62.6 cm³/mol. The number of ketones is 1. The minimum atomic E-state index is -2.12. The minimum absolute atomic E-state index is 0.107. The van der Waals surface area contributed by atoms with Gasteiger partial charge in [0.25, 0.3) is 0 Å². The Morgan fingerprint density at radius 2 is 2.22 bits per heavy atom. The molecule has 0 amide bonds. The number of methoxy groups -OCH3 is 1. The molecule has 5 heteroatoms. The molecule has 1 aliphatic carbocycles. The Balaban J connectivity index is 2.44. The Morgan fingerprint density at radius 1 is 1.50 bits per heavy atom. The molecular weight excluding hydrogens is 236 g/mol. The summed E-state index contributed by atoms with van der Waals surface area (Å²) >= 11 is 0. The minimum Gasteiger partial charge on any atom is -0.496 e. The second kappa shape index (κ2) is 4.42. The third-order valence-electron chi connectivity index (χ3n) is 3.02. The monoisotopic (exact) mass is 250 g/mol. The molecule has 0 saturated carbocycles. The summed E-state index contributed by atoms with van der Waals surface area (Å²) < 4.78 is 9.88. The van der Waals surface area contributed by atoms with Gasteiger partial charge in [0.2, 0.25) is 11.4 Å². The molecule has 0 bridgehead atoms. The normalized spacial score (nSPS) is 21.6. The fourth-order valence-electron chi connectivity index (χ4n) is 2.13. The lowest BCUT2D eigenvalue weighted by molar-refractivity contribution is -0.159. The van der Waals surface area contributed by atoms with Crippen molar-refractivity contribution in [3.05, 3.63) is 29.3 Å². The van der Waals surface area contributed by atoms with Crippen LogP contribution in [0.1, 0.15) is 22.8 Å². The molecule has 0 saturated heterocycles. The van der Waals surface area contributed by atoms with E-state index in [1.807, 2.05) is 0 Å². The third-order valence-corrected chi connectivity index (χ3v) is 3.02. The van der Waals surface area contributed by atoms with Crippen molar-refractivity contribution in [3.63, 3.8) is 0 Å². The van der Waals surface area contributed by atoms with Gasteiger partial charge in [-0.25, -0.2) is 4.79 Å². The van der Waals surface area contributed by atoms with Crippen LogP contribution in [0.15, 0.2) is 18.2 Å². The van der Waals surface area contributed by atoms with Gasteiger partial charge < -0.3 is 14.6 Å². The van der Waals surface area contributed by atoms with Crippen LogP contribution in [0.4, 0.5) is 0 Å². The van der Waals surface area contributed by atoms with Crippen molar-refractivity contribution in [1.29, 1.82) is 0 Å². The van der Waals surface area contributed by atoms with Gasteiger partial charge in [-0.3, -0.25) is 4.79 Å². The van der Waals surface area contributed by atoms with E-state index < -0.39 is 17.4 Å². The van der Waals surface area contributed by atoms with Gasteiger partial charge in [0, 0.05) is 17.5 Å². The molecule has 1 aromatic carbocycles. The molecule has 18 heavy (non-hydrogen) atoms. The molecule has 1 N–H and O–H groups in total. The van der Waals surface area contributed by atoms with Crippen LogP contribution >= 0.6 is 0 Å². The number of ether oxygens (including phenoxy) is 2. The lowest BCUT2D eigenvalue weighted by Gasteiger charge is -2.17. The van der Waals surface area contributed by atoms with E-state index in [0.29, 0.717) is 16.9 Å². The molecule has 5 nitrogen and oxygen atoms in total. The van der Waals surface area contributed by atoms with E-state index in [2.05, 4.69) is 0 Å². The number of fused-ring (bicyclic) bond motifs is 1. The Kier molecular flexibility index (Phi) is 3.09. The molecule has 1 unspecified atom stereocenters. The number of esters is 1. The molecule has 1 atom stereocenters. The van der Waals surface area contributed by atoms with Gasteiger partial charge >= 0.3 is 5.97 Å². The SMILES string of the molecule is CCOC(=O)C1(O)Cc2c(OC)cccc2C1=O. The summed E-state index contributed by atoms with van der Waals surface area (Å²) in [5.41, 5.74) is -1.27. The highest BCUT2D eigenvalue weighted by Gasteiger charge is 2.52. The quantitative estimate of drug-likeness (QED) is 0.632. The first-order chi connectivity index (χ1) is 8.54. The standard InChI is InChI=1S/C13H14O5/c1-3-18-12(15)13(16)7-9-8(11(13)14)5-4-6-10(9)17-2/h4-6,16H,3,7H2,1-2H3. The van der Waals surface area contributed by atoms with Crippen molar-refractivity contribution in [3.8, 4) is 5.75 Å². The fourth-order valence-corrected chi connectivity index (χ4v) is 2.13. The number of carbonyl (C=O) groups excluding carboxylic acids is 2. The average molecular weight is 250 g/mol. The van der Waals surface area contributed by atoms with Crippen LogP contribution in [-0.2, 0) is 16.0 Å². The molecule has 0 fully saturated rings. The van der Waals surface area contributed by atoms with Gasteiger partial charge in [0.05, 0.1) is 13.7 Å². The van der Waals surface area contributed by atoms with Crippen molar-refractivity contribution >= 4 is 11.8 Å². The second-order valence-corrected chi connectivity index (χ2v) is 4.07. The van der Waals surface area contributed by atoms with Gasteiger partial charge in [0.15, 0.2) is 0 Å². The highest BCUT2D eigenvalue weighted by atomic mass is 16.5. The Morgan fingerprint density at radius 3 is 2.83 bits per heavy atom. The molecule has 0 spiro atoms. The first-order valence-corrected chi connectivity index (χ1v) is 5.65. The van der Waals surface area contributed by atoms with Gasteiger partial charge in [0.1, 0.15) is 5.75 Å². The van der Waals surface area contributed by atoms with E-state index in [9.17, 15) is 14.7 Å². The van der Waals surface area contributed by atoms with Crippen molar-refractivity contribution in [2.75, 3.05) is 13.7 Å². The van der Waals surface area contributed by atoms with Gasteiger partial charge in [-0.2, -0.15) is 0 Å². The maximum atomic E-state index is 12.1. The zero-order chi connectivity index (χ0) is 13.3. The van der Waals surface area contributed by atoms with Crippen molar-refractivity contribution < 1.29 is 24.2 Å². The Labute approximate surface area is 104 Å². The maximum absolute atomic E-state index is 12.1. The lowest BCUT2D eigenvalue weighted by Crippen LogP contribution is -2.45. The Hall–Kier alpha value is -1.88. The number of aliphatic hydroxyl groups is 1. The molecular formula is C13H14O5. The molecule has 0 aromatic heterocycles. The zero-order valence-electron chi connectivity index (χ0n) is 10.2. The van der Waals surface area contributed by atoms with Crippen LogP contribution in [0.5, 0.6) is 5.75 Å². The third kappa shape index (κ3) is 1.67. The van der Waals surface area contributed by atoms with Crippen LogP contribution in [0.25, 0.3) is 0 Å². The molecule has 2 rings (SSSR count). The fraction of sp³-hybridized carbons (Fsp3) is 0.385. The van der Waals surface area contributed by atoms with Crippen LogP contribution in [-0.4, -0.2) is 36.2 Å². The highest BCUT2D eigenvalue weighted by Crippen LogP contribution is 2.36. The van der Waals surface area contributed by atoms with Gasteiger partial charge in [-0.1, -0.05) is 12.1 Å². The van der Waals surface area contributed by atoms with E-state index in [-0.39, 0.29) is 13.0 Å². The molecule has 1 aromatic rings. The van der Waals surface area contributed by atoms with Crippen LogP contribution < -0.4 is 4.74 Å². The van der Waals surface area contributed by atoms with Gasteiger partial charge in [-0.15, -0.1) is 0 Å². The lowest BCUT2D eigenvalue weighted by atomic mass is 9.99. The summed E-state index contributed by atoms with van der Waals surface area (Å²) in [7, 11) is 1.47. The van der Waals surface area contributed by atoms with Crippen LogP contribution in [0, 0.1) is 0 Å². The number of Topliss-reactive ketones (excluding diaryl/α,β-unsaturated/α-hetero) is 1. The van der Waals surface area contributed by atoms with Gasteiger partial charge in [-0.05, 0) is 13.0 Å². The Bertz CT molecular complexity index is 508. The number of rotatable bonds is 3. The van der Waals surface area contributed by atoms with Crippen molar-refractivity contribution in [2.45, 2.75) is 18.9 Å². The first kappa shape index (κ1) is 12.6. The van der Waals surface area contributed by atoms with E-state index >= 15 is 0 Å². The first-order valence-electron chi connectivity index (χ1n) is 5.65. The summed E-state index contributed by atoms with van der Waals surface area (Å²) in [4.78, 5) is 23.8. The average Bonchev–Trinajstić information content (AvgIpc) is 2.63. The number of hydrogen-bond acceptors (Lipinski definition) is 5. The molecule has 0 radical (unpaired) electrons. The van der Waals surface area contributed by atoms with E-state index in [1.165, 1.54) is 7.11 Å². The molecule has 0 aliphatic heterocycles. The zero-order valence-corrected chi connectivity index (χ0v) is 10.2. The largest absolute Gasteiger partial charge is 0.496 e. The second-order valence-electron chi connectivity index (χ2n) is 4.07. The molecule has 96 valence electrons. The highest BCUT2D eigenvalue weighted by molar-refractivity contribution is 6.19. The summed E-state index contributed by atoms with van der Waals surface area (Å²) in [5, 5.41) is 10.2. The van der Waals surface area contributed by atoms with Crippen LogP contribution in [0.2, 0.25) is 0 Å². The number of hydrogen-bond donors (Lipinski definition) is 1. The summed E-state index contributed by atoms with van der Waals surface area (Å²) in [6.07, 6.45) is -0.107. The smallest absolute Gasteiger partial charge is 0.346 e. The van der Waals surface area contributed by atoms with E-state index in [1.54, 1.807) is 25.1 Å². The van der Waals surface area contributed by atoms with Crippen LogP contribution in [0.3, 0.4) is 0 Å². The number of carbonyl (C=O) groups is 2. The van der Waals surface area contributed by atoms with E-state index in [4.69, 9.17) is 9.47 Å². The van der Waals surface area contributed by atoms with E-state index in [0.717, 1.165) is 0 Å². The molecule has 1 aliphatic rings. The molecule has 0 heterocycles. The summed E-state index contributed by atoms with van der Waals surface area (Å²) in [5.74, 6) is -1.05. The number of benzene rings is 1. The van der Waals surface area contributed by atoms with Crippen molar-refractivity contribution in [2.24, 2.45) is 0 Å². The maximum Gasteiger partial charge on any atom is 0.346 e. The van der Waals surface area contributed by atoms with Crippen molar-refractivity contribution in [1.82, 2.24) is 0 Å². The summed E-state index contributed by atoms with van der Waals surface area (Å²) in [6, 6.07) is 4.90.